The summed E-state index contributed by atoms with van der Waals surface area (Å²) in [5.41, 5.74) is 1.51. The van der Waals surface area contributed by atoms with E-state index in [1.807, 2.05) is 52.0 Å². The summed E-state index contributed by atoms with van der Waals surface area (Å²) in [6.07, 6.45) is -3.50. The number of benzene rings is 3. The smallest absolute Gasteiger partial charge is 0.417 e. The van der Waals surface area contributed by atoms with Gasteiger partial charge in [0.2, 0.25) is 17.7 Å². The number of likely N-dealkylation sites (tertiary alicyclic amines) is 1. The minimum atomic E-state index is -4.80. The number of β-amino-alcohol motifs (C(OH)–C–C–N with tert-alkyl or cyclic N) is 1. The number of aliphatic hydroxyl groups excluding tert-OH is 1. The number of ether oxygens (including phenoxy) is 2. The molecule has 0 bridgehead atoms. The van der Waals surface area contributed by atoms with E-state index >= 15 is 0 Å². The number of aryl methyl sites for hydroxylation is 1. The van der Waals surface area contributed by atoms with Crippen LogP contribution in [0.1, 0.15) is 82.7 Å². The summed E-state index contributed by atoms with van der Waals surface area (Å²) in [4.78, 5) is 63.4. The van der Waals surface area contributed by atoms with Gasteiger partial charge in [-0.1, -0.05) is 45.0 Å². The van der Waals surface area contributed by atoms with Gasteiger partial charge in [0.05, 0.1) is 58.2 Å². The number of thiazole rings is 1. The molecule has 20 heteroatoms. The Morgan fingerprint density at radius 3 is 2.33 bits per heavy atom. The molecule has 70 heavy (non-hydrogen) atoms. The van der Waals surface area contributed by atoms with Crippen LogP contribution in [0, 0.1) is 23.7 Å². The van der Waals surface area contributed by atoms with Crippen molar-refractivity contribution in [3.8, 4) is 22.3 Å². The summed E-state index contributed by atoms with van der Waals surface area (Å²) >= 11 is 7.18. The molecular weight excluding hydrogens is 946 g/mol. The number of unbranched alkanes of at least 4 members (excludes halogenated alkanes) is 1. The van der Waals surface area contributed by atoms with Crippen molar-refractivity contribution in [2.45, 2.75) is 104 Å². The number of nitriles is 1. The molecule has 2 saturated heterocycles. The van der Waals surface area contributed by atoms with Gasteiger partial charge in [-0.3, -0.25) is 24.1 Å². The van der Waals surface area contributed by atoms with Crippen LogP contribution in [0.5, 0.6) is 5.75 Å². The number of carbonyl (C=O) groups is 4. The first kappa shape index (κ1) is 53.4. The molecule has 3 atom stereocenters. The molecule has 15 nitrogen and oxygen atoms in total. The largest absolute Gasteiger partial charge is 0.494 e. The van der Waals surface area contributed by atoms with Gasteiger partial charge in [-0.05, 0) is 111 Å². The maximum atomic E-state index is 14.0. The van der Waals surface area contributed by atoms with Gasteiger partial charge in [0, 0.05) is 44.8 Å². The zero-order valence-corrected chi connectivity index (χ0v) is 41.7. The fraction of sp³-hybridized carbons (Fsp3) is 0.460. The van der Waals surface area contributed by atoms with Gasteiger partial charge >= 0.3 is 6.18 Å². The number of hydrogen-bond acceptors (Lipinski definition) is 12. The molecule has 0 aliphatic carbocycles. The molecule has 0 spiro atoms. The van der Waals surface area contributed by atoms with Crippen molar-refractivity contribution in [1.82, 2.24) is 25.8 Å². The van der Waals surface area contributed by atoms with Crippen LogP contribution in [0.3, 0.4) is 0 Å². The van der Waals surface area contributed by atoms with Crippen LogP contribution in [0.2, 0.25) is 0 Å². The topological polar surface area (TPSA) is 189 Å². The molecule has 2 aliphatic heterocycles. The first-order valence-electron chi connectivity index (χ1n) is 23.0. The highest BCUT2D eigenvalue weighted by atomic mass is 32.1. The third kappa shape index (κ3) is 12.9. The van der Waals surface area contributed by atoms with E-state index < -0.39 is 58.3 Å². The van der Waals surface area contributed by atoms with E-state index in [9.17, 15) is 42.7 Å². The fourth-order valence-electron chi connectivity index (χ4n) is 8.25. The minimum Gasteiger partial charge on any atom is -0.494 e. The number of hydrogen-bond donors (Lipinski definition) is 4. The van der Waals surface area contributed by atoms with Crippen LogP contribution in [-0.4, -0.2) is 107 Å². The Morgan fingerprint density at radius 1 is 1.00 bits per heavy atom. The molecule has 0 saturated carbocycles. The van der Waals surface area contributed by atoms with Crippen LogP contribution >= 0.6 is 23.6 Å². The lowest BCUT2D eigenvalue weighted by Gasteiger charge is -2.35. The third-order valence-electron chi connectivity index (χ3n) is 12.0. The lowest BCUT2D eigenvalue weighted by Crippen LogP contribution is -2.58. The van der Waals surface area contributed by atoms with Crippen molar-refractivity contribution in [2.75, 3.05) is 49.3 Å². The van der Waals surface area contributed by atoms with Gasteiger partial charge in [0.15, 0.2) is 5.11 Å². The predicted molar refractivity (Wildman–Crippen MR) is 264 cm³/mol. The van der Waals surface area contributed by atoms with E-state index in [2.05, 4.69) is 20.9 Å². The van der Waals surface area contributed by atoms with Gasteiger partial charge < -0.3 is 40.3 Å². The van der Waals surface area contributed by atoms with Crippen LogP contribution < -0.4 is 30.5 Å². The quantitative estimate of drug-likeness (QED) is 0.0531. The molecule has 3 heterocycles. The standard InChI is InChI=1S/C50H59F3N8O7S2/c1-31-42(70-30-57-31)33-12-10-32(11-13-33)27-56-44(64)40-25-37(62)29-59(40)45(65)43(48(2,3)4)58-41(63)28-55-20-7-8-21-67-22-9-23-68-38-18-16-35(17-19-38)61-47(69)60(46(66)49(61,5)6)36-15-14-34(26-54)39(24-36)50(51,52)53/h10-19,24,30,37,40,43,55,62H,7-9,20-23,25,27-29H2,1-6H3,(H,56,64)(H,58,63)/t37-,40+,43-/m1/s1. The highest BCUT2D eigenvalue weighted by Gasteiger charge is 2.51. The van der Waals surface area contributed by atoms with Crippen molar-refractivity contribution >= 4 is 63.7 Å². The first-order valence-corrected chi connectivity index (χ1v) is 24.3. The number of nitrogens with one attached hydrogen (secondary N) is 3. The number of thiocarbonyl (C=S) groups is 1. The second-order valence-electron chi connectivity index (χ2n) is 18.8. The maximum Gasteiger partial charge on any atom is 0.417 e. The van der Waals surface area contributed by atoms with Crippen LogP contribution in [-0.2, 0) is 36.6 Å². The normalized spacial score (nSPS) is 17.4. The molecular formula is C50H59F3N8O7S2. The highest BCUT2D eigenvalue weighted by Crippen LogP contribution is 2.40. The highest BCUT2D eigenvalue weighted by molar-refractivity contribution is 7.81. The molecule has 6 rings (SSSR count). The Bertz CT molecular complexity index is 2560. The van der Waals surface area contributed by atoms with Crippen molar-refractivity contribution in [1.29, 1.82) is 5.26 Å². The van der Waals surface area contributed by atoms with Gasteiger partial charge in [-0.15, -0.1) is 11.3 Å². The zero-order valence-electron chi connectivity index (χ0n) is 40.0. The Balaban J connectivity index is 0.867. The molecule has 0 radical (unpaired) electrons. The van der Waals surface area contributed by atoms with Gasteiger partial charge in [0.25, 0.3) is 5.91 Å². The average molecular weight is 1010 g/mol. The van der Waals surface area contributed by atoms with E-state index in [-0.39, 0.29) is 48.7 Å². The number of aliphatic hydroxyl groups is 1. The number of anilines is 2. The molecule has 374 valence electrons. The molecule has 2 aliphatic rings. The lowest BCUT2D eigenvalue weighted by molar-refractivity contribution is -0.144. The summed E-state index contributed by atoms with van der Waals surface area (Å²) in [6, 6.07) is 17.5. The molecule has 4 N–H and O–H groups in total. The number of nitrogens with zero attached hydrogens (tertiary/aromatic N) is 5. The van der Waals surface area contributed by atoms with Gasteiger partial charge in [-0.25, -0.2) is 4.98 Å². The maximum absolute atomic E-state index is 14.0. The monoisotopic (exact) mass is 1000 g/mol. The summed E-state index contributed by atoms with van der Waals surface area (Å²) in [5, 5.41) is 28.6. The van der Waals surface area contributed by atoms with E-state index in [1.54, 1.807) is 65.9 Å². The number of rotatable bonds is 20. The number of amides is 4. The first-order chi connectivity index (χ1) is 33.1. The second kappa shape index (κ2) is 22.8. The summed E-state index contributed by atoms with van der Waals surface area (Å²) < 4.78 is 52.7. The third-order valence-corrected chi connectivity index (χ3v) is 13.4. The predicted octanol–water partition coefficient (Wildman–Crippen LogP) is 6.89. The summed E-state index contributed by atoms with van der Waals surface area (Å²) in [5.74, 6) is -1.14. The van der Waals surface area contributed by atoms with Crippen molar-refractivity contribution < 1.29 is 46.9 Å². The lowest BCUT2D eigenvalue weighted by atomic mass is 9.85. The van der Waals surface area contributed by atoms with Gasteiger partial charge in [0.1, 0.15) is 23.4 Å². The minimum absolute atomic E-state index is 0.00558. The number of halogens is 3. The summed E-state index contributed by atoms with van der Waals surface area (Å²) in [6.45, 7) is 12.8. The van der Waals surface area contributed by atoms with Crippen molar-refractivity contribution in [3.63, 3.8) is 0 Å². The van der Waals surface area contributed by atoms with E-state index in [1.165, 1.54) is 11.0 Å². The molecule has 3 aromatic carbocycles. The van der Waals surface area contributed by atoms with Crippen molar-refractivity contribution in [3.05, 3.63) is 94.6 Å². The summed E-state index contributed by atoms with van der Waals surface area (Å²) in [7, 11) is 0. The van der Waals surface area contributed by atoms with E-state index in [0.29, 0.717) is 44.2 Å². The molecule has 4 amide bonds. The average Bonchev–Trinajstić information content (AvgIpc) is 3.98. The Labute approximate surface area is 415 Å². The molecule has 2 fully saturated rings. The van der Waals surface area contributed by atoms with Crippen LogP contribution in [0.15, 0.2) is 72.2 Å². The fourth-order valence-corrected chi connectivity index (χ4v) is 9.59. The van der Waals surface area contributed by atoms with E-state index in [4.69, 9.17) is 21.7 Å². The Kier molecular flexibility index (Phi) is 17.4. The second-order valence-corrected chi connectivity index (χ2v) is 20.0. The number of carbonyl (C=O) groups excluding carboxylic acids is 4. The van der Waals surface area contributed by atoms with E-state index in [0.717, 1.165) is 51.6 Å². The Morgan fingerprint density at radius 2 is 1.69 bits per heavy atom. The van der Waals surface area contributed by atoms with Crippen molar-refractivity contribution in [2.24, 2.45) is 5.41 Å². The SMILES string of the molecule is Cc1ncsc1-c1ccc(CNC(=O)[C@@H]2C[C@@H](O)CN2C(=O)[C@@H](NC(=O)CNCCCCOCCCOc2ccc(N3C(=S)N(c4ccc(C#N)c(C(F)(F)F)c4)C(=O)C3(C)C)cc2)C(C)(C)C)cc1. The van der Waals surface area contributed by atoms with Crippen LogP contribution in [0.25, 0.3) is 10.4 Å². The Hall–Kier alpha value is -5.98. The molecule has 0 unspecified atom stereocenters. The molecule has 1 aromatic heterocycles. The number of alkyl halides is 3. The van der Waals surface area contributed by atoms with Gasteiger partial charge in [-0.2, -0.15) is 18.4 Å². The number of aromatic nitrogens is 1. The van der Waals surface area contributed by atoms with Crippen LogP contribution in [0.4, 0.5) is 24.5 Å². The zero-order chi connectivity index (χ0) is 51.0. The molecule has 4 aromatic rings.